The van der Waals surface area contributed by atoms with Crippen LogP contribution in [0.2, 0.25) is 10.0 Å². The van der Waals surface area contributed by atoms with Crippen molar-refractivity contribution >= 4 is 40.6 Å². The lowest BCUT2D eigenvalue weighted by atomic mass is 10.3. The number of nitrogens with one attached hydrogen (secondary N) is 2. The molecule has 25 heavy (non-hydrogen) atoms. The van der Waals surface area contributed by atoms with E-state index in [1.165, 1.54) is 6.33 Å². The standard InChI is InChI=1S/C17H13Cl2N5O/c18-13-5-4-11(7-14(13)19)24-16-8-15(22-10-23-16)17(25)21-9-12-3-1-2-6-20-12/h1-8,10H,9H2,(H,21,25)(H,22,23,24). The Morgan fingerprint density at radius 3 is 2.64 bits per heavy atom. The number of rotatable bonds is 5. The van der Waals surface area contributed by atoms with Crippen LogP contribution in [-0.4, -0.2) is 20.9 Å². The van der Waals surface area contributed by atoms with Gasteiger partial charge in [-0.3, -0.25) is 9.78 Å². The molecule has 0 spiro atoms. The lowest BCUT2D eigenvalue weighted by Crippen LogP contribution is -2.24. The number of hydrogen-bond donors (Lipinski definition) is 2. The Morgan fingerprint density at radius 1 is 1.00 bits per heavy atom. The second-order valence-electron chi connectivity index (χ2n) is 5.05. The van der Waals surface area contributed by atoms with Crippen LogP contribution in [0.5, 0.6) is 0 Å². The monoisotopic (exact) mass is 373 g/mol. The van der Waals surface area contributed by atoms with Crippen LogP contribution >= 0.6 is 23.2 Å². The number of pyridine rings is 1. The van der Waals surface area contributed by atoms with Gasteiger partial charge >= 0.3 is 0 Å². The zero-order valence-electron chi connectivity index (χ0n) is 12.9. The largest absolute Gasteiger partial charge is 0.345 e. The average Bonchev–Trinajstić information content (AvgIpc) is 2.64. The van der Waals surface area contributed by atoms with Crippen LogP contribution in [0, 0.1) is 0 Å². The minimum Gasteiger partial charge on any atom is -0.345 e. The van der Waals surface area contributed by atoms with Gasteiger partial charge in [-0.15, -0.1) is 0 Å². The molecule has 0 radical (unpaired) electrons. The number of anilines is 2. The molecule has 0 unspecified atom stereocenters. The number of amides is 1. The third kappa shape index (κ3) is 4.65. The van der Waals surface area contributed by atoms with Gasteiger partial charge in [0.1, 0.15) is 17.8 Å². The Morgan fingerprint density at radius 2 is 1.88 bits per heavy atom. The molecular formula is C17H13Cl2N5O. The van der Waals surface area contributed by atoms with Gasteiger partial charge in [0.05, 0.1) is 22.3 Å². The SMILES string of the molecule is O=C(NCc1ccccn1)c1cc(Nc2ccc(Cl)c(Cl)c2)ncn1. The van der Waals surface area contributed by atoms with Gasteiger partial charge in [0.2, 0.25) is 0 Å². The normalized spacial score (nSPS) is 10.3. The van der Waals surface area contributed by atoms with E-state index in [-0.39, 0.29) is 11.6 Å². The zero-order valence-corrected chi connectivity index (χ0v) is 14.4. The quantitative estimate of drug-likeness (QED) is 0.709. The van der Waals surface area contributed by atoms with Crippen molar-refractivity contribution in [3.05, 3.63) is 76.4 Å². The molecule has 0 fully saturated rings. The van der Waals surface area contributed by atoms with E-state index in [4.69, 9.17) is 23.2 Å². The van der Waals surface area contributed by atoms with Crippen molar-refractivity contribution in [3.8, 4) is 0 Å². The summed E-state index contributed by atoms with van der Waals surface area (Å²) in [5.41, 5.74) is 1.71. The summed E-state index contributed by atoms with van der Waals surface area (Å²) < 4.78 is 0. The van der Waals surface area contributed by atoms with Crippen LogP contribution in [0.25, 0.3) is 0 Å². The fourth-order valence-corrected chi connectivity index (χ4v) is 2.33. The Labute approximate surface area is 154 Å². The average molecular weight is 374 g/mol. The second kappa shape index (κ2) is 7.92. The van der Waals surface area contributed by atoms with Gasteiger partial charge < -0.3 is 10.6 Å². The first-order valence-electron chi connectivity index (χ1n) is 7.34. The topological polar surface area (TPSA) is 79.8 Å². The molecule has 2 aromatic heterocycles. The molecule has 2 N–H and O–H groups in total. The first-order chi connectivity index (χ1) is 12.1. The first-order valence-corrected chi connectivity index (χ1v) is 8.09. The lowest BCUT2D eigenvalue weighted by molar-refractivity contribution is 0.0945. The van der Waals surface area contributed by atoms with E-state index in [9.17, 15) is 4.79 Å². The van der Waals surface area contributed by atoms with E-state index in [1.807, 2.05) is 18.2 Å². The molecule has 0 saturated carbocycles. The van der Waals surface area contributed by atoms with Gasteiger partial charge in [-0.05, 0) is 30.3 Å². The molecule has 2 heterocycles. The van der Waals surface area contributed by atoms with Gasteiger partial charge in [0.15, 0.2) is 0 Å². The number of carbonyl (C=O) groups excluding carboxylic acids is 1. The van der Waals surface area contributed by atoms with Crippen LogP contribution in [0.1, 0.15) is 16.2 Å². The summed E-state index contributed by atoms with van der Waals surface area (Å²) >= 11 is 11.9. The molecule has 8 heteroatoms. The maximum absolute atomic E-state index is 12.2. The minimum absolute atomic E-state index is 0.244. The number of hydrogen-bond acceptors (Lipinski definition) is 5. The molecule has 3 rings (SSSR count). The van der Waals surface area contributed by atoms with E-state index in [2.05, 4.69) is 25.6 Å². The fraction of sp³-hybridized carbons (Fsp3) is 0.0588. The maximum Gasteiger partial charge on any atom is 0.270 e. The molecule has 3 aromatic rings. The molecular weight excluding hydrogens is 361 g/mol. The molecule has 0 atom stereocenters. The van der Waals surface area contributed by atoms with Crippen LogP contribution < -0.4 is 10.6 Å². The molecule has 0 bridgehead atoms. The van der Waals surface area contributed by atoms with Crippen molar-refractivity contribution < 1.29 is 4.79 Å². The number of carbonyl (C=O) groups is 1. The number of halogens is 2. The summed E-state index contributed by atoms with van der Waals surface area (Å²) in [6.07, 6.45) is 2.99. The van der Waals surface area contributed by atoms with Gasteiger partial charge in [-0.1, -0.05) is 29.3 Å². The fourth-order valence-electron chi connectivity index (χ4n) is 2.04. The summed E-state index contributed by atoms with van der Waals surface area (Å²) in [6.45, 7) is 0.319. The lowest BCUT2D eigenvalue weighted by Gasteiger charge is -2.08. The molecule has 0 aliphatic carbocycles. The van der Waals surface area contributed by atoms with Crippen molar-refractivity contribution in [1.29, 1.82) is 0 Å². The van der Waals surface area contributed by atoms with Crippen molar-refractivity contribution in [1.82, 2.24) is 20.3 Å². The van der Waals surface area contributed by atoms with Crippen LogP contribution in [0.3, 0.4) is 0 Å². The summed E-state index contributed by atoms with van der Waals surface area (Å²) in [6, 6.07) is 12.2. The van der Waals surface area contributed by atoms with Gasteiger partial charge in [0.25, 0.3) is 5.91 Å². The van der Waals surface area contributed by atoms with Gasteiger partial charge in [-0.25, -0.2) is 9.97 Å². The van der Waals surface area contributed by atoms with E-state index in [1.54, 1.807) is 30.5 Å². The van der Waals surface area contributed by atoms with E-state index < -0.39 is 0 Å². The molecule has 6 nitrogen and oxygen atoms in total. The van der Waals surface area contributed by atoms with E-state index in [0.717, 1.165) is 5.69 Å². The summed E-state index contributed by atoms with van der Waals surface area (Å²) in [4.78, 5) is 24.5. The molecule has 126 valence electrons. The Kier molecular flexibility index (Phi) is 5.42. The number of benzene rings is 1. The first kappa shape index (κ1) is 17.1. The van der Waals surface area contributed by atoms with E-state index in [0.29, 0.717) is 28.1 Å². The van der Waals surface area contributed by atoms with Crippen molar-refractivity contribution in [2.45, 2.75) is 6.54 Å². The van der Waals surface area contributed by atoms with Crippen molar-refractivity contribution in [3.63, 3.8) is 0 Å². The van der Waals surface area contributed by atoms with Crippen LogP contribution in [0.4, 0.5) is 11.5 Å². The third-order valence-electron chi connectivity index (χ3n) is 3.25. The predicted octanol–water partition coefficient (Wildman–Crippen LogP) is 3.85. The predicted molar refractivity (Wildman–Crippen MR) is 97.2 cm³/mol. The Balaban J connectivity index is 1.68. The summed E-state index contributed by atoms with van der Waals surface area (Å²) in [5, 5.41) is 6.71. The highest BCUT2D eigenvalue weighted by Gasteiger charge is 2.09. The Bertz CT molecular complexity index is 889. The van der Waals surface area contributed by atoms with E-state index >= 15 is 0 Å². The summed E-state index contributed by atoms with van der Waals surface area (Å²) in [5.74, 6) is 0.154. The molecule has 0 aliphatic heterocycles. The van der Waals surface area contributed by atoms with Crippen LogP contribution in [-0.2, 0) is 6.54 Å². The molecule has 1 aromatic carbocycles. The molecule has 0 aliphatic rings. The maximum atomic E-state index is 12.2. The van der Waals surface area contributed by atoms with Gasteiger partial charge in [0, 0.05) is 18.0 Å². The highest BCUT2D eigenvalue weighted by Crippen LogP contribution is 2.26. The molecule has 0 saturated heterocycles. The van der Waals surface area contributed by atoms with Crippen LogP contribution in [0.15, 0.2) is 55.0 Å². The summed E-state index contributed by atoms with van der Waals surface area (Å²) in [7, 11) is 0. The highest BCUT2D eigenvalue weighted by molar-refractivity contribution is 6.42. The minimum atomic E-state index is -0.315. The smallest absolute Gasteiger partial charge is 0.270 e. The van der Waals surface area contributed by atoms with Gasteiger partial charge in [-0.2, -0.15) is 0 Å². The Hall–Kier alpha value is -2.70. The molecule has 1 amide bonds. The number of nitrogens with zero attached hydrogens (tertiary/aromatic N) is 3. The number of aromatic nitrogens is 3. The second-order valence-corrected chi connectivity index (χ2v) is 5.86. The van der Waals surface area contributed by atoms with Crippen molar-refractivity contribution in [2.75, 3.05) is 5.32 Å². The highest BCUT2D eigenvalue weighted by atomic mass is 35.5. The third-order valence-corrected chi connectivity index (χ3v) is 3.99. The zero-order chi connectivity index (χ0) is 17.6. The van der Waals surface area contributed by atoms with Crippen molar-refractivity contribution in [2.24, 2.45) is 0 Å².